The molecule has 1 aliphatic carbocycles. The summed E-state index contributed by atoms with van der Waals surface area (Å²) < 4.78 is 0. The van der Waals surface area contributed by atoms with E-state index in [0.717, 1.165) is 51.7 Å². The van der Waals surface area contributed by atoms with E-state index in [9.17, 15) is 5.11 Å². The molecule has 0 spiro atoms. The van der Waals surface area contributed by atoms with Crippen molar-refractivity contribution in [3.05, 3.63) is 29.6 Å². The topological polar surface area (TPSA) is 36.4 Å². The largest absolute Gasteiger partial charge is 0.389 e. The van der Waals surface area contributed by atoms with Crippen LogP contribution < -0.4 is 0 Å². The molecule has 110 valence electrons. The van der Waals surface area contributed by atoms with Gasteiger partial charge in [-0.2, -0.15) is 0 Å². The number of nitrogens with zero attached hydrogens (tertiary/aromatic N) is 2. The first-order valence-electron chi connectivity index (χ1n) is 8.11. The SMILES string of the molecule is CCN1CCCC(O)(C2CCCc3cccnc32)CC1. The van der Waals surface area contributed by atoms with Crippen LogP contribution in [-0.4, -0.2) is 40.2 Å². The minimum atomic E-state index is -0.548. The molecule has 1 saturated heterocycles. The molecule has 2 atom stereocenters. The van der Waals surface area contributed by atoms with Crippen LogP contribution >= 0.6 is 0 Å². The summed E-state index contributed by atoms with van der Waals surface area (Å²) in [6.45, 7) is 5.45. The van der Waals surface area contributed by atoms with Gasteiger partial charge in [-0.05, 0) is 63.2 Å². The zero-order valence-corrected chi connectivity index (χ0v) is 12.5. The summed E-state index contributed by atoms with van der Waals surface area (Å²) in [5, 5.41) is 11.3. The standard InChI is InChI=1S/C17H26N2O/c1-2-19-12-5-9-17(20,10-13-19)15-8-3-6-14-7-4-11-18-16(14)15/h4,7,11,15,20H,2-3,5-6,8-10,12-13H2,1H3. The fourth-order valence-corrected chi connectivity index (χ4v) is 3.99. The predicted molar refractivity (Wildman–Crippen MR) is 80.8 cm³/mol. The molecule has 1 aromatic heterocycles. The number of aryl methyl sites for hydroxylation is 1. The average Bonchev–Trinajstić information content (AvgIpc) is 2.69. The van der Waals surface area contributed by atoms with Crippen LogP contribution in [0.4, 0.5) is 0 Å². The van der Waals surface area contributed by atoms with Crippen LogP contribution in [0.2, 0.25) is 0 Å². The van der Waals surface area contributed by atoms with E-state index in [1.807, 2.05) is 12.3 Å². The van der Waals surface area contributed by atoms with Crippen molar-refractivity contribution in [2.45, 2.75) is 57.0 Å². The molecule has 0 saturated carbocycles. The highest BCUT2D eigenvalue weighted by molar-refractivity contribution is 5.28. The van der Waals surface area contributed by atoms with E-state index >= 15 is 0 Å². The third kappa shape index (κ3) is 2.61. The summed E-state index contributed by atoms with van der Waals surface area (Å²) >= 11 is 0. The summed E-state index contributed by atoms with van der Waals surface area (Å²) in [5.74, 6) is 0.240. The van der Waals surface area contributed by atoms with Gasteiger partial charge in [0.15, 0.2) is 0 Å². The lowest BCUT2D eigenvalue weighted by atomic mass is 9.72. The van der Waals surface area contributed by atoms with Gasteiger partial charge in [-0.1, -0.05) is 13.0 Å². The molecule has 2 aliphatic rings. The Kier molecular flexibility index (Phi) is 4.08. The Morgan fingerprint density at radius 2 is 2.25 bits per heavy atom. The molecule has 1 N–H and O–H groups in total. The van der Waals surface area contributed by atoms with Gasteiger partial charge in [-0.15, -0.1) is 0 Å². The lowest BCUT2D eigenvalue weighted by Crippen LogP contribution is -2.39. The summed E-state index contributed by atoms with van der Waals surface area (Å²) in [6.07, 6.45) is 8.19. The Labute approximate surface area is 122 Å². The van der Waals surface area contributed by atoms with Crippen molar-refractivity contribution in [1.29, 1.82) is 0 Å². The van der Waals surface area contributed by atoms with Gasteiger partial charge in [0.1, 0.15) is 0 Å². The smallest absolute Gasteiger partial charge is 0.0743 e. The van der Waals surface area contributed by atoms with Gasteiger partial charge in [0.05, 0.1) is 5.60 Å². The van der Waals surface area contributed by atoms with Gasteiger partial charge in [0.25, 0.3) is 0 Å². The van der Waals surface area contributed by atoms with Crippen LogP contribution in [0.3, 0.4) is 0 Å². The second-order valence-electron chi connectivity index (χ2n) is 6.38. The number of hydrogen-bond donors (Lipinski definition) is 1. The quantitative estimate of drug-likeness (QED) is 0.901. The molecule has 1 aromatic rings. The molecule has 2 heterocycles. The van der Waals surface area contributed by atoms with Crippen LogP contribution in [0.1, 0.15) is 56.2 Å². The van der Waals surface area contributed by atoms with Gasteiger partial charge in [0.2, 0.25) is 0 Å². The molecule has 3 rings (SSSR count). The molecule has 2 unspecified atom stereocenters. The molecule has 0 radical (unpaired) electrons. The van der Waals surface area contributed by atoms with Crippen LogP contribution in [0.25, 0.3) is 0 Å². The van der Waals surface area contributed by atoms with Crippen LogP contribution in [-0.2, 0) is 6.42 Å². The van der Waals surface area contributed by atoms with E-state index in [1.165, 1.54) is 17.7 Å². The first-order valence-corrected chi connectivity index (χ1v) is 8.11. The van der Waals surface area contributed by atoms with Crippen LogP contribution in [0.5, 0.6) is 0 Å². The Morgan fingerprint density at radius 3 is 3.10 bits per heavy atom. The molecule has 3 nitrogen and oxygen atoms in total. The summed E-state index contributed by atoms with van der Waals surface area (Å²) in [7, 11) is 0. The molecule has 1 fully saturated rings. The number of pyridine rings is 1. The highest BCUT2D eigenvalue weighted by atomic mass is 16.3. The van der Waals surface area contributed by atoms with Crippen molar-refractivity contribution in [1.82, 2.24) is 9.88 Å². The van der Waals surface area contributed by atoms with E-state index < -0.39 is 5.60 Å². The van der Waals surface area contributed by atoms with Crippen molar-refractivity contribution in [2.24, 2.45) is 0 Å². The van der Waals surface area contributed by atoms with E-state index in [2.05, 4.69) is 22.9 Å². The Bertz CT molecular complexity index is 462. The van der Waals surface area contributed by atoms with Crippen molar-refractivity contribution in [2.75, 3.05) is 19.6 Å². The third-order valence-electron chi connectivity index (χ3n) is 5.24. The Balaban J connectivity index is 1.85. The monoisotopic (exact) mass is 274 g/mol. The van der Waals surface area contributed by atoms with Crippen molar-refractivity contribution >= 4 is 0 Å². The molecular weight excluding hydrogens is 248 g/mol. The maximum absolute atomic E-state index is 11.3. The number of rotatable bonds is 2. The number of aliphatic hydroxyl groups is 1. The number of likely N-dealkylation sites (tertiary alicyclic amines) is 1. The maximum atomic E-state index is 11.3. The normalized spacial score (nSPS) is 31.6. The van der Waals surface area contributed by atoms with Crippen molar-refractivity contribution in [3.63, 3.8) is 0 Å². The first-order chi connectivity index (χ1) is 9.73. The Morgan fingerprint density at radius 1 is 1.35 bits per heavy atom. The van der Waals surface area contributed by atoms with E-state index in [4.69, 9.17) is 0 Å². The molecule has 3 heteroatoms. The molecule has 0 bridgehead atoms. The van der Waals surface area contributed by atoms with Crippen molar-refractivity contribution in [3.8, 4) is 0 Å². The van der Waals surface area contributed by atoms with Crippen LogP contribution in [0.15, 0.2) is 18.3 Å². The van der Waals surface area contributed by atoms with Crippen molar-refractivity contribution < 1.29 is 5.11 Å². The summed E-state index contributed by atoms with van der Waals surface area (Å²) in [4.78, 5) is 7.08. The fourth-order valence-electron chi connectivity index (χ4n) is 3.99. The van der Waals surface area contributed by atoms with Gasteiger partial charge in [-0.3, -0.25) is 4.98 Å². The molecule has 0 aromatic carbocycles. The zero-order valence-electron chi connectivity index (χ0n) is 12.5. The molecule has 1 aliphatic heterocycles. The van der Waals surface area contributed by atoms with Gasteiger partial charge in [0, 0.05) is 24.4 Å². The predicted octanol–water partition coefficient (Wildman–Crippen LogP) is 2.74. The molecule has 0 amide bonds. The summed E-state index contributed by atoms with van der Waals surface area (Å²) in [6, 6.07) is 4.21. The average molecular weight is 274 g/mol. The number of hydrogen-bond acceptors (Lipinski definition) is 3. The zero-order chi connectivity index (χ0) is 14.0. The highest BCUT2D eigenvalue weighted by Crippen LogP contribution is 2.42. The minimum absolute atomic E-state index is 0.240. The minimum Gasteiger partial charge on any atom is -0.389 e. The highest BCUT2D eigenvalue weighted by Gasteiger charge is 2.41. The Hall–Kier alpha value is -0.930. The second kappa shape index (κ2) is 5.82. The second-order valence-corrected chi connectivity index (χ2v) is 6.38. The fraction of sp³-hybridized carbons (Fsp3) is 0.706. The van der Waals surface area contributed by atoms with Gasteiger partial charge >= 0.3 is 0 Å². The van der Waals surface area contributed by atoms with Crippen LogP contribution in [0, 0.1) is 0 Å². The number of fused-ring (bicyclic) bond motifs is 1. The van der Waals surface area contributed by atoms with Gasteiger partial charge < -0.3 is 10.0 Å². The maximum Gasteiger partial charge on any atom is 0.0743 e. The first kappa shape index (κ1) is 14.0. The van der Waals surface area contributed by atoms with Gasteiger partial charge in [-0.25, -0.2) is 0 Å². The third-order valence-corrected chi connectivity index (χ3v) is 5.24. The van der Waals surface area contributed by atoms with E-state index in [1.54, 1.807) is 0 Å². The molecule has 20 heavy (non-hydrogen) atoms. The van der Waals surface area contributed by atoms with E-state index in [0.29, 0.717) is 0 Å². The molecular formula is C17H26N2O. The summed E-state index contributed by atoms with van der Waals surface area (Å²) in [5.41, 5.74) is 1.98. The van der Waals surface area contributed by atoms with E-state index in [-0.39, 0.29) is 5.92 Å². The number of aromatic nitrogens is 1. The lowest BCUT2D eigenvalue weighted by molar-refractivity contribution is -0.00846. The lowest BCUT2D eigenvalue weighted by Gasteiger charge is -2.38.